The Morgan fingerprint density at radius 3 is 2.68 bits per heavy atom. The van der Waals surface area contributed by atoms with Gasteiger partial charge in [-0.3, -0.25) is 0 Å². The average Bonchev–Trinajstić information content (AvgIpc) is 3.25. The normalized spacial score (nSPS) is 33.2. The Bertz CT molecular complexity index is 649. The first-order chi connectivity index (χ1) is 9.33. The fourth-order valence-electron chi connectivity index (χ4n) is 3.70. The third-order valence-electron chi connectivity index (χ3n) is 4.82. The Kier molecular flexibility index (Phi) is 1.58. The number of nitrogens with zero attached hydrogens (tertiary/aromatic N) is 3. The standard InChI is InChI=1S/C15H14N4/c16-11-3-1-2-10(18-11)8-4-5-12(17-6-8)19-7-9-13-14(9)15(13)19/h1-6,9,13-15H,7H2,(H2,16,18). The van der Waals surface area contributed by atoms with Gasteiger partial charge in [-0.25, -0.2) is 9.97 Å². The number of pyridine rings is 2. The van der Waals surface area contributed by atoms with Crippen molar-refractivity contribution in [1.82, 2.24) is 9.97 Å². The third-order valence-corrected chi connectivity index (χ3v) is 4.82. The molecule has 0 spiro atoms. The fraction of sp³-hybridized carbons (Fsp3) is 0.333. The summed E-state index contributed by atoms with van der Waals surface area (Å²) in [6, 6.07) is 10.7. The van der Waals surface area contributed by atoms with E-state index in [1.807, 2.05) is 18.3 Å². The number of hydrogen-bond acceptors (Lipinski definition) is 4. The van der Waals surface area contributed by atoms with Crippen molar-refractivity contribution in [3.63, 3.8) is 0 Å². The number of fused-ring (bicyclic) bond motifs is 1. The summed E-state index contributed by atoms with van der Waals surface area (Å²) in [4.78, 5) is 11.4. The van der Waals surface area contributed by atoms with Gasteiger partial charge in [-0.05, 0) is 42.0 Å². The number of piperidine rings is 1. The number of hydrogen-bond donors (Lipinski definition) is 1. The summed E-state index contributed by atoms with van der Waals surface area (Å²) in [7, 11) is 0. The van der Waals surface area contributed by atoms with Crippen molar-refractivity contribution in [1.29, 1.82) is 0 Å². The first-order valence-electron chi connectivity index (χ1n) is 6.78. The molecule has 0 aromatic carbocycles. The predicted octanol–water partition coefficient (Wildman–Crippen LogP) is 1.79. The van der Waals surface area contributed by atoms with Crippen LogP contribution in [0.2, 0.25) is 0 Å². The summed E-state index contributed by atoms with van der Waals surface area (Å²) in [6.07, 6.45) is 1.90. The smallest absolute Gasteiger partial charge is 0.128 e. The molecule has 2 aromatic rings. The van der Waals surface area contributed by atoms with Gasteiger partial charge in [0.05, 0.1) is 5.69 Å². The van der Waals surface area contributed by atoms with E-state index in [9.17, 15) is 0 Å². The molecule has 0 amide bonds. The maximum Gasteiger partial charge on any atom is 0.128 e. The SMILES string of the molecule is Nc1cccc(-c2ccc(N3CC4C5C4C53)nc2)n1. The topological polar surface area (TPSA) is 55.0 Å². The van der Waals surface area contributed by atoms with Crippen molar-refractivity contribution in [2.75, 3.05) is 17.2 Å². The van der Waals surface area contributed by atoms with E-state index in [-0.39, 0.29) is 0 Å². The molecular formula is C15H14N4. The minimum absolute atomic E-state index is 0.547. The van der Waals surface area contributed by atoms with E-state index in [2.05, 4.69) is 27.0 Å². The highest BCUT2D eigenvalue weighted by Gasteiger charge is 2.80. The molecule has 4 fully saturated rings. The zero-order valence-electron chi connectivity index (χ0n) is 10.4. The molecule has 2 saturated heterocycles. The van der Waals surface area contributed by atoms with Gasteiger partial charge in [0.25, 0.3) is 0 Å². The lowest BCUT2D eigenvalue weighted by molar-refractivity contribution is 0.736. The monoisotopic (exact) mass is 250 g/mol. The molecule has 4 heterocycles. The summed E-state index contributed by atoms with van der Waals surface area (Å²) < 4.78 is 0. The van der Waals surface area contributed by atoms with Crippen molar-refractivity contribution in [3.8, 4) is 11.3 Å². The first-order valence-corrected chi connectivity index (χ1v) is 6.78. The van der Waals surface area contributed by atoms with Crippen LogP contribution in [-0.2, 0) is 0 Å². The summed E-state index contributed by atoms with van der Waals surface area (Å²) in [5.74, 6) is 4.67. The quantitative estimate of drug-likeness (QED) is 0.883. The Labute approximate surface area is 111 Å². The lowest BCUT2D eigenvalue weighted by Gasteiger charge is -2.16. The number of rotatable bonds is 2. The summed E-state index contributed by atoms with van der Waals surface area (Å²) in [5.41, 5.74) is 7.62. The van der Waals surface area contributed by atoms with Crippen molar-refractivity contribution < 1.29 is 0 Å². The molecule has 2 atom stereocenters. The molecule has 19 heavy (non-hydrogen) atoms. The van der Waals surface area contributed by atoms with Crippen LogP contribution in [0.1, 0.15) is 0 Å². The van der Waals surface area contributed by atoms with Gasteiger partial charge in [-0.15, -0.1) is 0 Å². The number of nitrogen functional groups attached to an aromatic ring is 1. The second-order valence-corrected chi connectivity index (χ2v) is 5.81. The second kappa shape index (κ2) is 3.07. The van der Waals surface area contributed by atoms with Crippen molar-refractivity contribution in [3.05, 3.63) is 36.5 Å². The van der Waals surface area contributed by atoms with Crippen LogP contribution in [0.3, 0.4) is 0 Å². The summed E-state index contributed by atoms with van der Waals surface area (Å²) in [5, 5.41) is 0. The molecule has 2 aliphatic heterocycles. The Morgan fingerprint density at radius 2 is 2.05 bits per heavy atom. The maximum atomic E-state index is 5.71. The van der Waals surface area contributed by atoms with Gasteiger partial charge < -0.3 is 10.6 Å². The van der Waals surface area contributed by atoms with Crippen LogP contribution in [0.15, 0.2) is 36.5 Å². The molecule has 2 N–H and O–H groups in total. The van der Waals surface area contributed by atoms with Crippen LogP contribution in [-0.4, -0.2) is 22.6 Å². The van der Waals surface area contributed by atoms with Gasteiger partial charge in [0.15, 0.2) is 0 Å². The second-order valence-electron chi connectivity index (χ2n) is 5.81. The minimum Gasteiger partial charge on any atom is -0.384 e. The van der Waals surface area contributed by atoms with Crippen LogP contribution in [0.25, 0.3) is 11.3 Å². The lowest BCUT2D eigenvalue weighted by Crippen LogP contribution is -2.21. The highest BCUT2D eigenvalue weighted by Crippen LogP contribution is 2.75. The number of anilines is 2. The van der Waals surface area contributed by atoms with E-state index in [4.69, 9.17) is 5.73 Å². The molecule has 4 heteroatoms. The Hall–Kier alpha value is -2.10. The molecule has 6 rings (SSSR count). The van der Waals surface area contributed by atoms with E-state index >= 15 is 0 Å². The van der Waals surface area contributed by atoms with Crippen LogP contribution in [0.4, 0.5) is 11.6 Å². The minimum atomic E-state index is 0.547. The molecule has 2 unspecified atom stereocenters. The van der Waals surface area contributed by atoms with Crippen LogP contribution >= 0.6 is 0 Å². The van der Waals surface area contributed by atoms with Crippen LogP contribution in [0.5, 0.6) is 0 Å². The molecule has 94 valence electrons. The highest BCUT2D eigenvalue weighted by atomic mass is 15.3. The molecule has 2 bridgehead atoms. The van der Waals surface area contributed by atoms with Gasteiger partial charge >= 0.3 is 0 Å². The molecule has 2 saturated carbocycles. The maximum absolute atomic E-state index is 5.71. The van der Waals surface area contributed by atoms with Gasteiger partial charge in [-0.1, -0.05) is 6.07 Å². The van der Waals surface area contributed by atoms with Crippen molar-refractivity contribution >= 4 is 11.6 Å². The van der Waals surface area contributed by atoms with Gasteiger partial charge in [0.2, 0.25) is 0 Å². The Morgan fingerprint density at radius 1 is 1.16 bits per heavy atom. The van der Waals surface area contributed by atoms with Crippen LogP contribution in [0, 0.1) is 17.8 Å². The summed E-state index contributed by atoms with van der Waals surface area (Å²) in [6.45, 7) is 1.21. The molecule has 4 aliphatic rings. The number of nitrogens with two attached hydrogens (primary N) is 1. The lowest BCUT2D eigenvalue weighted by atomic mass is 10.2. The van der Waals surface area contributed by atoms with Gasteiger partial charge in [0, 0.05) is 24.3 Å². The molecular weight excluding hydrogens is 236 g/mol. The molecule has 2 aliphatic carbocycles. The zero-order chi connectivity index (χ0) is 12.6. The Balaban J connectivity index is 1.46. The van der Waals surface area contributed by atoms with Gasteiger partial charge in [0.1, 0.15) is 11.6 Å². The van der Waals surface area contributed by atoms with E-state index in [1.165, 1.54) is 6.54 Å². The van der Waals surface area contributed by atoms with E-state index < -0.39 is 0 Å². The molecule has 2 aromatic heterocycles. The van der Waals surface area contributed by atoms with Crippen LogP contribution < -0.4 is 10.6 Å². The largest absolute Gasteiger partial charge is 0.384 e. The summed E-state index contributed by atoms with van der Waals surface area (Å²) >= 11 is 0. The molecule has 4 nitrogen and oxygen atoms in total. The van der Waals surface area contributed by atoms with E-state index in [0.29, 0.717) is 5.82 Å². The highest BCUT2D eigenvalue weighted by molar-refractivity contribution is 5.63. The van der Waals surface area contributed by atoms with Gasteiger partial charge in [-0.2, -0.15) is 0 Å². The van der Waals surface area contributed by atoms with Crippen molar-refractivity contribution in [2.24, 2.45) is 17.8 Å². The first kappa shape index (κ1) is 9.78. The number of aromatic nitrogens is 2. The zero-order valence-corrected chi connectivity index (χ0v) is 10.4. The predicted molar refractivity (Wildman–Crippen MR) is 73.5 cm³/mol. The van der Waals surface area contributed by atoms with Crippen molar-refractivity contribution in [2.45, 2.75) is 6.04 Å². The average molecular weight is 250 g/mol. The molecule has 0 radical (unpaired) electrons. The van der Waals surface area contributed by atoms with E-state index in [0.717, 1.165) is 40.9 Å². The van der Waals surface area contributed by atoms with E-state index in [1.54, 1.807) is 6.07 Å². The fourth-order valence-corrected chi connectivity index (χ4v) is 3.70. The third kappa shape index (κ3) is 1.23.